The van der Waals surface area contributed by atoms with Crippen molar-refractivity contribution in [2.24, 2.45) is 5.73 Å². The molecule has 0 aliphatic carbocycles. The predicted octanol–water partition coefficient (Wildman–Crippen LogP) is 0.154. The summed E-state index contributed by atoms with van der Waals surface area (Å²) in [6.07, 6.45) is 1.13. The molecule has 1 amide bonds. The summed E-state index contributed by atoms with van der Waals surface area (Å²) in [5.41, 5.74) is 5.40. The van der Waals surface area contributed by atoms with Gasteiger partial charge in [0.1, 0.15) is 0 Å². The molecule has 0 aromatic carbocycles. The summed E-state index contributed by atoms with van der Waals surface area (Å²) < 4.78 is 14.9. The van der Waals surface area contributed by atoms with Gasteiger partial charge in [-0.2, -0.15) is 4.62 Å². The van der Waals surface area contributed by atoms with Gasteiger partial charge < -0.3 is 15.5 Å². The average Bonchev–Trinajstić information content (AvgIpc) is 2.13. The molecular weight excluding hydrogens is 235 g/mol. The van der Waals surface area contributed by atoms with Crippen molar-refractivity contribution >= 4 is 13.7 Å². The monoisotopic (exact) mass is 252 g/mol. The molecule has 0 rings (SSSR count). The summed E-state index contributed by atoms with van der Waals surface area (Å²) in [4.78, 5) is 28.7. The molecule has 4 N–H and O–H groups in total. The summed E-state index contributed by atoms with van der Waals surface area (Å²) in [6.45, 7) is 5.32. The topological polar surface area (TPSA) is 113 Å². The molecule has 0 spiro atoms. The summed E-state index contributed by atoms with van der Waals surface area (Å²) in [7, 11) is -4.73. The van der Waals surface area contributed by atoms with Crippen LogP contribution in [0.1, 0.15) is 19.8 Å². The Morgan fingerprint density at radius 3 is 2.44 bits per heavy atom. The van der Waals surface area contributed by atoms with Crippen LogP contribution in [0.25, 0.3) is 0 Å². The van der Waals surface area contributed by atoms with Crippen LogP contribution in [0.2, 0.25) is 0 Å². The fraction of sp³-hybridized carbons (Fsp3) is 0.625. The Morgan fingerprint density at radius 2 is 2.06 bits per heavy atom. The van der Waals surface area contributed by atoms with E-state index in [1.165, 1.54) is 6.92 Å². The minimum Gasteiger partial charge on any atom is -0.330 e. The molecule has 0 aromatic heterocycles. The van der Waals surface area contributed by atoms with Crippen molar-refractivity contribution in [1.29, 1.82) is 0 Å². The van der Waals surface area contributed by atoms with Crippen LogP contribution in [0.4, 0.5) is 0 Å². The third kappa shape index (κ3) is 6.71. The van der Waals surface area contributed by atoms with Crippen LogP contribution < -0.4 is 5.73 Å². The van der Waals surface area contributed by atoms with Crippen molar-refractivity contribution in [2.75, 3.05) is 13.1 Å². The van der Waals surface area contributed by atoms with E-state index in [0.717, 1.165) is 0 Å². The van der Waals surface area contributed by atoms with Gasteiger partial charge in [-0.1, -0.05) is 6.58 Å². The van der Waals surface area contributed by atoms with Gasteiger partial charge in [0.25, 0.3) is 5.91 Å². The van der Waals surface area contributed by atoms with Gasteiger partial charge >= 0.3 is 7.82 Å². The highest BCUT2D eigenvalue weighted by Gasteiger charge is 2.24. The zero-order chi connectivity index (χ0) is 12.8. The quantitative estimate of drug-likeness (QED) is 0.257. The van der Waals surface area contributed by atoms with Gasteiger partial charge in [0.05, 0.1) is 0 Å². The van der Waals surface area contributed by atoms with E-state index in [4.69, 9.17) is 15.5 Å². The standard InChI is InChI=1S/C8H17N2O5P/c1-7(2)8(11)10(6-4-3-5-9)15-16(12,13)14/h1,3-6,9H2,2H3,(H2,12,13,14). The Balaban J connectivity index is 4.45. The van der Waals surface area contributed by atoms with E-state index in [-0.39, 0.29) is 12.1 Å². The molecule has 0 atom stereocenters. The van der Waals surface area contributed by atoms with Crippen molar-refractivity contribution in [3.8, 4) is 0 Å². The number of carbonyl (C=O) groups excluding carboxylic acids is 1. The lowest BCUT2D eigenvalue weighted by atomic mass is 10.3. The van der Waals surface area contributed by atoms with E-state index in [1.807, 2.05) is 0 Å². The van der Waals surface area contributed by atoms with Crippen molar-refractivity contribution in [3.05, 3.63) is 12.2 Å². The van der Waals surface area contributed by atoms with Gasteiger partial charge in [0.2, 0.25) is 0 Å². The van der Waals surface area contributed by atoms with Gasteiger partial charge in [-0.05, 0) is 26.3 Å². The number of amides is 1. The Bertz CT molecular complexity index is 301. The zero-order valence-electron chi connectivity index (χ0n) is 9.13. The predicted molar refractivity (Wildman–Crippen MR) is 57.9 cm³/mol. The van der Waals surface area contributed by atoms with Crippen molar-refractivity contribution in [3.63, 3.8) is 0 Å². The molecule has 8 heteroatoms. The number of phosphoric acid groups is 1. The number of nitrogens with two attached hydrogens (primary N) is 1. The first-order valence-corrected chi connectivity index (χ1v) is 6.23. The lowest BCUT2D eigenvalue weighted by molar-refractivity contribution is -0.156. The van der Waals surface area contributed by atoms with Gasteiger partial charge in [-0.15, -0.1) is 0 Å². The van der Waals surface area contributed by atoms with Crippen LogP contribution in [0.3, 0.4) is 0 Å². The van der Waals surface area contributed by atoms with Gasteiger partial charge in [-0.3, -0.25) is 4.79 Å². The molecule has 0 bridgehead atoms. The third-order valence-electron chi connectivity index (χ3n) is 1.61. The average molecular weight is 252 g/mol. The van der Waals surface area contributed by atoms with Gasteiger partial charge in [0, 0.05) is 12.1 Å². The molecule has 0 saturated heterocycles. The number of hydroxylamine groups is 2. The lowest BCUT2D eigenvalue weighted by Gasteiger charge is -2.21. The molecule has 0 heterocycles. The maximum absolute atomic E-state index is 11.4. The van der Waals surface area contributed by atoms with Crippen LogP contribution >= 0.6 is 7.82 Å². The zero-order valence-corrected chi connectivity index (χ0v) is 10.0. The molecule has 94 valence electrons. The molecule has 0 aromatic rings. The summed E-state index contributed by atoms with van der Waals surface area (Å²) in [5.74, 6) is -0.652. The number of nitrogens with zero attached hydrogens (tertiary/aromatic N) is 1. The summed E-state index contributed by atoms with van der Waals surface area (Å²) >= 11 is 0. The fourth-order valence-electron chi connectivity index (χ4n) is 0.920. The maximum atomic E-state index is 11.4. The number of hydrogen-bond acceptors (Lipinski definition) is 4. The normalized spacial score (nSPS) is 11.2. The Hall–Kier alpha value is -0.720. The second-order valence-electron chi connectivity index (χ2n) is 3.26. The highest BCUT2D eigenvalue weighted by Crippen LogP contribution is 2.37. The molecule has 0 unspecified atom stereocenters. The third-order valence-corrected chi connectivity index (χ3v) is 2.02. The molecule has 0 saturated carbocycles. The molecule has 0 fully saturated rings. The maximum Gasteiger partial charge on any atom is 0.491 e. The SMILES string of the molecule is C=C(C)C(=O)N(CCCCN)OP(=O)(O)O. The Morgan fingerprint density at radius 1 is 1.50 bits per heavy atom. The number of rotatable bonds is 7. The Kier molecular flexibility index (Phi) is 6.47. The van der Waals surface area contributed by atoms with Crippen LogP contribution in [-0.2, 0) is 14.0 Å². The first-order chi connectivity index (χ1) is 7.28. The minimum atomic E-state index is -4.73. The highest BCUT2D eigenvalue weighted by molar-refractivity contribution is 7.46. The van der Waals surface area contributed by atoms with Gasteiger partial charge in [-0.25, -0.2) is 9.63 Å². The second-order valence-corrected chi connectivity index (χ2v) is 4.40. The lowest BCUT2D eigenvalue weighted by Crippen LogP contribution is -2.31. The van der Waals surface area contributed by atoms with E-state index in [1.54, 1.807) is 0 Å². The number of unbranched alkanes of at least 4 members (excludes halogenated alkanes) is 1. The van der Waals surface area contributed by atoms with E-state index in [9.17, 15) is 9.36 Å². The fourth-order valence-corrected chi connectivity index (χ4v) is 1.33. The molecule has 16 heavy (non-hydrogen) atoms. The molecule has 0 radical (unpaired) electrons. The van der Waals surface area contributed by atoms with Crippen LogP contribution in [0, 0.1) is 0 Å². The van der Waals surface area contributed by atoms with E-state index in [2.05, 4.69) is 11.2 Å². The second kappa shape index (κ2) is 6.78. The summed E-state index contributed by atoms with van der Waals surface area (Å²) in [6, 6.07) is 0. The highest BCUT2D eigenvalue weighted by atomic mass is 31.2. The van der Waals surface area contributed by atoms with E-state index >= 15 is 0 Å². The van der Waals surface area contributed by atoms with Crippen molar-refractivity contribution < 1.29 is 23.8 Å². The van der Waals surface area contributed by atoms with Gasteiger partial charge in [0.15, 0.2) is 0 Å². The molecule has 0 aliphatic rings. The summed E-state index contributed by atoms with van der Waals surface area (Å²) in [5, 5.41) is 0.624. The largest absolute Gasteiger partial charge is 0.491 e. The van der Waals surface area contributed by atoms with E-state index in [0.29, 0.717) is 24.4 Å². The van der Waals surface area contributed by atoms with Crippen LogP contribution in [-0.4, -0.2) is 33.8 Å². The van der Waals surface area contributed by atoms with Crippen molar-refractivity contribution in [2.45, 2.75) is 19.8 Å². The van der Waals surface area contributed by atoms with Crippen LogP contribution in [0.15, 0.2) is 12.2 Å². The Labute approximate surface area is 94.1 Å². The van der Waals surface area contributed by atoms with E-state index < -0.39 is 13.7 Å². The smallest absolute Gasteiger partial charge is 0.330 e. The molecule has 0 aliphatic heterocycles. The minimum absolute atomic E-state index is 0.0635. The molecular formula is C8H17N2O5P. The first kappa shape index (κ1) is 15.3. The molecule has 7 nitrogen and oxygen atoms in total. The number of hydrogen-bond donors (Lipinski definition) is 3. The van der Waals surface area contributed by atoms with Crippen molar-refractivity contribution in [1.82, 2.24) is 5.06 Å². The first-order valence-electron chi connectivity index (χ1n) is 4.70. The van der Waals surface area contributed by atoms with Crippen LogP contribution in [0.5, 0.6) is 0 Å². The number of carbonyl (C=O) groups is 1.